The van der Waals surface area contributed by atoms with E-state index in [1.54, 1.807) is 6.08 Å². The highest BCUT2D eigenvalue weighted by Gasteiger charge is 2.21. The first-order valence-corrected chi connectivity index (χ1v) is 5.35. The standard InChI is InChI=1S/C11H22N2O/c1-5-9(4)6-10(13-7-14)11(12)8(2)3/h8-11H,5-6,12H2,1-4H3. The van der Waals surface area contributed by atoms with Crippen LogP contribution in [0.25, 0.3) is 0 Å². The van der Waals surface area contributed by atoms with Crippen LogP contribution in [0.15, 0.2) is 4.99 Å². The molecule has 0 rings (SSSR count). The molecule has 0 aliphatic carbocycles. The van der Waals surface area contributed by atoms with Gasteiger partial charge in [0, 0.05) is 6.04 Å². The number of rotatable bonds is 6. The molecule has 14 heavy (non-hydrogen) atoms. The van der Waals surface area contributed by atoms with Crippen LogP contribution in [0.1, 0.15) is 40.5 Å². The fraction of sp³-hybridized carbons (Fsp3) is 0.909. The minimum absolute atomic E-state index is 0.0366. The van der Waals surface area contributed by atoms with Crippen LogP contribution in [0.3, 0.4) is 0 Å². The highest BCUT2D eigenvalue weighted by Crippen LogP contribution is 2.17. The molecule has 0 amide bonds. The monoisotopic (exact) mass is 198 g/mol. The van der Waals surface area contributed by atoms with Crippen molar-refractivity contribution in [3.63, 3.8) is 0 Å². The van der Waals surface area contributed by atoms with Crippen molar-refractivity contribution >= 4 is 6.08 Å². The van der Waals surface area contributed by atoms with E-state index in [0.29, 0.717) is 11.8 Å². The molecule has 0 radical (unpaired) electrons. The Kier molecular flexibility index (Phi) is 6.43. The Morgan fingerprint density at radius 3 is 2.29 bits per heavy atom. The number of aliphatic imine (C=N–C) groups is 1. The van der Waals surface area contributed by atoms with Crippen molar-refractivity contribution in [1.29, 1.82) is 0 Å². The van der Waals surface area contributed by atoms with Gasteiger partial charge in [-0.3, -0.25) is 0 Å². The predicted molar refractivity (Wildman–Crippen MR) is 58.8 cm³/mol. The fourth-order valence-corrected chi connectivity index (χ4v) is 1.39. The van der Waals surface area contributed by atoms with Crippen LogP contribution in [0.2, 0.25) is 0 Å². The molecular weight excluding hydrogens is 176 g/mol. The third kappa shape index (κ3) is 4.54. The van der Waals surface area contributed by atoms with Crippen molar-refractivity contribution in [2.45, 2.75) is 52.6 Å². The largest absolute Gasteiger partial charge is 0.326 e. The Morgan fingerprint density at radius 1 is 1.36 bits per heavy atom. The van der Waals surface area contributed by atoms with E-state index in [0.717, 1.165) is 12.8 Å². The molecule has 0 aromatic rings. The van der Waals surface area contributed by atoms with E-state index < -0.39 is 0 Å². The zero-order chi connectivity index (χ0) is 11.1. The highest BCUT2D eigenvalue weighted by atomic mass is 16.1. The van der Waals surface area contributed by atoms with Crippen LogP contribution in [0.4, 0.5) is 0 Å². The van der Waals surface area contributed by atoms with Gasteiger partial charge in [0.15, 0.2) is 0 Å². The molecule has 0 aliphatic rings. The van der Waals surface area contributed by atoms with Gasteiger partial charge in [0.05, 0.1) is 6.04 Å². The van der Waals surface area contributed by atoms with Gasteiger partial charge in [-0.05, 0) is 18.3 Å². The normalized spacial score (nSPS) is 17.3. The number of hydrogen-bond donors (Lipinski definition) is 1. The van der Waals surface area contributed by atoms with Gasteiger partial charge in [-0.2, -0.15) is 0 Å². The van der Waals surface area contributed by atoms with E-state index in [1.807, 2.05) is 0 Å². The predicted octanol–water partition coefficient (Wildman–Crippen LogP) is 2.11. The van der Waals surface area contributed by atoms with Crippen molar-refractivity contribution in [1.82, 2.24) is 0 Å². The average Bonchev–Trinajstić information content (AvgIpc) is 2.15. The maximum atomic E-state index is 10.3. The van der Waals surface area contributed by atoms with Gasteiger partial charge in [0.1, 0.15) is 0 Å². The minimum Gasteiger partial charge on any atom is -0.326 e. The Morgan fingerprint density at radius 2 is 1.93 bits per heavy atom. The molecule has 0 saturated heterocycles. The molecule has 0 aromatic heterocycles. The molecule has 3 atom stereocenters. The molecule has 0 aromatic carbocycles. The number of nitrogens with zero attached hydrogens (tertiary/aromatic N) is 1. The van der Waals surface area contributed by atoms with Gasteiger partial charge in [-0.25, -0.2) is 9.79 Å². The molecule has 0 saturated carbocycles. The Labute approximate surface area is 86.8 Å². The molecule has 0 fully saturated rings. The summed E-state index contributed by atoms with van der Waals surface area (Å²) in [5.41, 5.74) is 5.98. The van der Waals surface area contributed by atoms with Crippen LogP contribution in [-0.2, 0) is 4.79 Å². The maximum Gasteiger partial charge on any atom is 0.235 e. The summed E-state index contributed by atoms with van der Waals surface area (Å²) >= 11 is 0. The van der Waals surface area contributed by atoms with Gasteiger partial charge in [0.2, 0.25) is 6.08 Å². The SMILES string of the molecule is CCC(C)CC(N=C=O)C(N)C(C)C. The topological polar surface area (TPSA) is 55.5 Å². The molecule has 0 heterocycles. The lowest BCUT2D eigenvalue weighted by Gasteiger charge is -2.24. The van der Waals surface area contributed by atoms with Crippen LogP contribution in [0.5, 0.6) is 0 Å². The molecule has 3 heteroatoms. The maximum absolute atomic E-state index is 10.3. The van der Waals surface area contributed by atoms with Crippen LogP contribution in [0, 0.1) is 11.8 Å². The number of nitrogens with two attached hydrogens (primary N) is 1. The lowest BCUT2D eigenvalue weighted by molar-refractivity contribution is 0.352. The third-order valence-corrected chi connectivity index (χ3v) is 2.77. The Balaban J connectivity index is 4.35. The third-order valence-electron chi connectivity index (χ3n) is 2.77. The second-order valence-corrected chi connectivity index (χ2v) is 4.36. The van der Waals surface area contributed by atoms with E-state index in [-0.39, 0.29) is 12.1 Å². The van der Waals surface area contributed by atoms with Gasteiger partial charge in [-0.1, -0.05) is 34.1 Å². The van der Waals surface area contributed by atoms with E-state index in [1.165, 1.54) is 0 Å². The molecule has 0 spiro atoms. The number of isocyanates is 1. The summed E-state index contributed by atoms with van der Waals surface area (Å²) in [5.74, 6) is 0.906. The van der Waals surface area contributed by atoms with Crippen LogP contribution < -0.4 is 5.73 Å². The Bertz CT molecular complexity index is 197. The molecule has 3 nitrogen and oxygen atoms in total. The molecule has 2 N–H and O–H groups in total. The van der Waals surface area contributed by atoms with Crippen molar-refractivity contribution < 1.29 is 4.79 Å². The van der Waals surface area contributed by atoms with Gasteiger partial charge < -0.3 is 5.73 Å². The smallest absolute Gasteiger partial charge is 0.235 e. The Hall–Kier alpha value is -0.660. The number of carbonyl (C=O) groups excluding carboxylic acids is 1. The lowest BCUT2D eigenvalue weighted by atomic mass is 9.90. The first-order valence-electron chi connectivity index (χ1n) is 5.35. The lowest BCUT2D eigenvalue weighted by Crippen LogP contribution is -2.39. The van der Waals surface area contributed by atoms with Gasteiger partial charge >= 0.3 is 0 Å². The van der Waals surface area contributed by atoms with E-state index in [2.05, 4.69) is 32.7 Å². The average molecular weight is 198 g/mol. The summed E-state index contributed by atoms with van der Waals surface area (Å²) < 4.78 is 0. The van der Waals surface area contributed by atoms with E-state index >= 15 is 0 Å². The molecular formula is C11H22N2O. The van der Waals surface area contributed by atoms with Crippen LogP contribution >= 0.6 is 0 Å². The summed E-state index contributed by atoms with van der Waals surface area (Å²) in [6.45, 7) is 8.39. The van der Waals surface area contributed by atoms with Crippen LogP contribution in [-0.4, -0.2) is 18.2 Å². The van der Waals surface area contributed by atoms with E-state index in [4.69, 9.17) is 5.73 Å². The van der Waals surface area contributed by atoms with Gasteiger partial charge in [-0.15, -0.1) is 0 Å². The number of hydrogen-bond acceptors (Lipinski definition) is 3. The van der Waals surface area contributed by atoms with Crippen molar-refractivity contribution in [2.24, 2.45) is 22.6 Å². The summed E-state index contributed by atoms with van der Waals surface area (Å²) in [5, 5.41) is 0. The fourth-order valence-electron chi connectivity index (χ4n) is 1.39. The molecule has 0 bridgehead atoms. The zero-order valence-electron chi connectivity index (χ0n) is 9.66. The molecule has 82 valence electrons. The molecule has 3 unspecified atom stereocenters. The van der Waals surface area contributed by atoms with E-state index in [9.17, 15) is 4.79 Å². The summed E-state index contributed by atoms with van der Waals surface area (Å²) in [4.78, 5) is 14.1. The second-order valence-electron chi connectivity index (χ2n) is 4.36. The zero-order valence-corrected chi connectivity index (χ0v) is 9.66. The quantitative estimate of drug-likeness (QED) is 0.525. The highest BCUT2D eigenvalue weighted by molar-refractivity contribution is 5.33. The second kappa shape index (κ2) is 6.74. The van der Waals surface area contributed by atoms with Crippen molar-refractivity contribution in [3.05, 3.63) is 0 Å². The van der Waals surface area contributed by atoms with Gasteiger partial charge in [0.25, 0.3) is 0 Å². The first kappa shape index (κ1) is 13.3. The van der Waals surface area contributed by atoms with Crippen molar-refractivity contribution in [3.8, 4) is 0 Å². The molecule has 0 aliphatic heterocycles. The summed E-state index contributed by atoms with van der Waals surface area (Å²) in [6, 6.07) is -0.104. The minimum atomic E-state index is -0.0672. The summed E-state index contributed by atoms with van der Waals surface area (Å²) in [6.07, 6.45) is 3.60. The van der Waals surface area contributed by atoms with Crippen molar-refractivity contribution in [2.75, 3.05) is 0 Å². The summed E-state index contributed by atoms with van der Waals surface area (Å²) in [7, 11) is 0. The first-order chi connectivity index (χ1) is 6.52.